The Labute approximate surface area is 87.9 Å². The lowest BCUT2D eigenvalue weighted by Gasteiger charge is -2.18. The molecule has 14 heavy (non-hydrogen) atoms. The highest BCUT2D eigenvalue weighted by molar-refractivity contribution is 7.99. The van der Waals surface area contributed by atoms with E-state index in [-0.39, 0.29) is 0 Å². The Morgan fingerprint density at radius 3 is 3.07 bits per heavy atom. The number of aryl methyl sites for hydroxylation is 1. The van der Waals surface area contributed by atoms with Crippen LogP contribution in [0.3, 0.4) is 0 Å². The second kappa shape index (κ2) is 4.17. The highest BCUT2D eigenvalue weighted by Crippen LogP contribution is 2.37. The highest BCUT2D eigenvalue weighted by atomic mass is 32.2. The Bertz CT molecular complexity index is 329. The first-order chi connectivity index (χ1) is 6.81. The molecule has 76 valence electrons. The first-order valence-corrected chi connectivity index (χ1v) is 5.97. The van der Waals surface area contributed by atoms with Crippen molar-refractivity contribution in [2.24, 2.45) is 7.05 Å². The van der Waals surface area contributed by atoms with E-state index >= 15 is 0 Å². The van der Waals surface area contributed by atoms with Crippen LogP contribution in [0.15, 0.2) is 6.07 Å². The normalized spacial score (nSPS) is 22.2. The van der Waals surface area contributed by atoms with Crippen LogP contribution in [0.5, 0.6) is 0 Å². The van der Waals surface area contributed by atoms with Crippen LogP contribution < -0.4 is 0 Å². The van der Waals surface area contributed by atoms with Gasteiger partial charge in [-0.05, 0) is 24.7 Å². The number of rotatable bonds is 2. The van der Waals surface area contributed by atoms with E-state index in [0.717, 1.165) is 12.0 Å². The maximum atomic E-state index is 10.7. The molecule has 1 aliphatic heterocycles. The fourth-order valence-electron chi connectivity index (χ4n) is 1.75. The molecule has 1 aliphatic rings. The lowest BCUT2D eigenvalue weighted by molar-refractivity contribution is 0.111. The molecule has 1 aromatic rings. The van der Waals surface area contributed by atoms with Crippen LogP contribution >= 0.6 is 11.8 Å². The molecule has 1 fully saturated rings. The summed E-state index contributed by atoms with van der Waals surface area (Å²) >= 11 is 1.96. The fourth-order valence-corrected chi connectivity index (χ4v) is 3.02. The maximum Gasteiger partial charge on any atom is 0.168 e. The van der Waals surface area contributed by atoms with Crippen molar-refractivity contribution in [1.29, 1.82) is 0 Å². The van der Waals surface area contributed by atoms with Gasteiger partial charge in [0, 0.05) is 12.3 Å². The van der Waals surface area contributed by atoms with Gasteiger partial charge < -0.3 is 0 Å². The van der Waals surface area contributed by atoms with E-state index in [4.69, 9.17) is 0 Å². The summed E-state index contributed by atoms with van der Waals surface area (Å²) in [6.07, 6.45) is 4.66. The molecule has 0 aliphatic carbocycles. The van der Waals surface area contributed by atoms with Gasteiger partial charge in [0.05, 0.1) is 5.69 Å². The molecule has 0 radical (unpaired) electrons. The molecule has 1 atom stereocenters. The number of thioether (sulfide) groups is 1. The quantitative estimate of drug-likeness (QED) is 0.702. The molecule has 0 saturated carbocycles. The van der Waals surface area contributed by atoms with E-state index in [9.17, 15) is 4.79 Å². The third-order valence-electron chi connectivity index (χ3n) is 2.57. The predicted octanol–water partition coefficient (Wildman–Crippen LogP) is 2.19. The van der Waals surface area contributed by atoms with Gasteiger partial charge in [-0.25, -0.2) is 0 Å². The summed E-state index contributed by atoms with van der Waals surface area (Å²) < 4.78 is 1.66. The number of aromatic nitrogens is 2. The Hall–Kier alpha value is -0.770. The van der Waals surface area contributed by atoms with Gasteiger partial charge in [-0.2, -0.15) is 16.9 Å². The minimum atomic E-state index is 0.503. The van der Waals surface area contributed by atoms with Crippen molar-refractivity contribution < 1.29 is 4.79 Å². The van der Waals surface area contributed by atoms with Gasteiger partial charge in [-0.1, -0.05) is 6.42 Å². The zero-order valence-corrected chi connectivity index (χ0v) is 9.09. The number of aldehydes is 1. The predicted molar refractivity (Wildman–Crippen MR) is 57.6 cm³/mol. The summed E-state index contributed by atoms with van der Waals surface area (Å²) in [7, 11) is 1.82. The molecule has 0 bridgehead atoms. The Balaban J connectivity index is 2.18. The van der Waals surface area contributed by atoms with E-state index in [2.05, 4.69) is 5.10 Å². The molecular weight excluding hydrogens is 196 g/mol. The molecule has 0 amide bonds. The van der Waals surface area contributed by atoms with Crippen LogP contribution in [0.2, 0.25) is 0 Å². The lowest BCUT2D eigenvalue weighted by Crippen LogP contribution is -2.03. The van der Waals surface area contributed by atoms with E-state index in [0.29, 0.717) is 10.9 Å². The van der Waals surface area contributed by atoms with Crippen molar-refractivity contribution in [1.82, 2.24) is 9.78 Å². The molecule has 1 saturated heterocycles. The summed E-state index contributed by atoms with van der Waals surface area (Å²) in [5, 5.41) is 4.87. The monoisotopic (exact) mass is 210 g/mol. The zero-order chi connectivity index (χ0) is 9.97. The van der Waals surface area contributed by atoms with Crippen LogP contribution in [-0.2, 0) is 7.05 Å². The van der Waals surface area contributed by atoms with Gasteiger partial charge in [0.15, 0.2) is 6.29 Å². The molecule has 1 aromatic heterocycles. The van der Waals surface area contributed by atoms with Crippen LogP contribution in [0, 0.1) is 0 Å². The summed E-state index contributed by atoms with van der Waals surface area (Å²) in [5.41, 5.74) is 1.74. The van der Waals surface area contributed by atoms with Gasteiger partial charge in [0.1, 0.15) is 5.69 Å². The number of hydrogen-bond donors (Lipinski definition) is 0. The van der Waals surface area contributed by atoms with Gasteiger partial charge in [0.25, 0.3) is 0 Å². The summed E-state index contributed by atoms with van der Waals surface area (Å²) in [5.74, 6) is 1.22. The lowest BCUT2D eigenvalue weighted by atomic mass is 10.1. The topological polar surface area (TPSA) is 34.9 Å². The second-order valence-corrected chi connectivity index (χ2v) is 4.90. The molecule has 2 rings (SSSR count). The van der Waals surface area contributed by atoms with Crippen molar-refractivity contribution in [3.8, 4) is 0 Å². The van der Waals surface area contributed by atoms with Crippen molar-refractivity contribution in [2.75, 3.05) is 5.75 Å². The molecule has 0 spiro atoms. The van der Waals surface area contributed by atoms with Gasteiger partial charge >= 0.3 is 0 Å². The zero-order valence-electron chi connectivity index (χ0n) is 8.27. The Morgan fingerprint density at radius 2 is 2.50 bits per heavy atom. The molecule has 3 nitrogen and oxygen atoms in total. The smallest absolute Gasteiger partial charge is 0.168 e. The van der Waals surface area contributed by atoms with Crippen LogP contribution in [0.25, 0.3) is 0 Å². The largest absolute Gasteiger partial charge is 0.296 e. The molecule has 0 N–H and O–H groups in total. The molecule has 4 heteroatoms. The Morgan fingerprint density at radius 1 is 1.64 bits per heavy atom. The van der Waals surface area contributed by atoms with Gasteiger partial charge in [0.2, 0.25) is 0 Å². The number of carbonyl (C=O) groups is 1. The number of carbonyl (C=O) groups excluding carboxylic acids is 1. The average Bonchev–Trinajstić information content (AvgIpc) is 2.61. The van der Waals surface area contributed by atoms with Crippen molar-refractivity contribution in [2.45, 2.75) is 24.5 Å². The van der Waals surface area contributed by atoms with Gasteiger partial charge in [-0.3, -0.25) is 9.48 Å². The van der Waals surface area contributed by atoms with Crippen molar-refractivity contribution in [3.63, 3.8) is 0 Å². The van der Waals surface area contributed by atoms with Crippen LogP contribution in [-0.4, -0.2) is 21.8 Å². The second-order valence-electron chi connectivity index (χ2n) is 3.59. The molecule has 2 heterocycles. The molecular formula is C10H14N2OS. The van der Waals surface area contributed by atoms with E-state index in [1.807, 2.05) is 24.9 Å². The van der Waals surface area contributed by atoms with E-state index < -0.39 is 0 Å². The summed E-state index contributed by atoms with van der Waals surface area (Å²) in [4.78, 5) is 10.7. The third kappa shape index (κ3) is 1.85. The minimum absolute atomic E-state index is 0.503. The fraction of sp³-hybridized carbons (Fsp3) is 0.600. The summed E-state index contributed by atoms with van der Waals surface area (Å²) in [6.45, 7) is 0. The van der Waals surface area contributed by atoms with Crippen LogP contribution in [0.1, 0.15) is 40.7 Å². The third-order valence-corrected chi connectivity index (χ3v) is 3.97. The number of hydrogen-bond acceptors (Lipinski definition) is 3. The van der Waals surface area contributed by atoms with Crippen LogP contribution in [0.4, 0.5) is 0 Å². The Kier molecular flexibility index (Phi) is 2.91. The standard InChI is InChI=1S/C10H14N2OS/c1-12-8(7-13)6-9(11-12)10-4-2-3-5-14-10/h6-7,10H,2-5H2,1H3. The average molecular weight is 210 g/mol. The first-order valence-electron chi connectivity index (χ1n) is 4.92. The highest BCUT2D eigenvalue weighted by Gasteiger charge is 2.19. The number of nitrogens with zero attached hydrogens (tertiary/aromatic N) is 2. The van der Waals surface area contributed by atoms with Gasteiger partial charge in [-0.15, -0.1) is 0 Å². The first kappa shape index (κ1) is 9.77. The SMILES string of the molecule is Cn1nc(C2CCCCS2)cc1C=O. The van der Waals surface area contributed by atoms with E-state index in [1.165, 1.54) is 25.0 Å². The van der Waals surface area contributed by atoms with E-state index in [1.54, 1.807) is 4.68 Å². The maximum absolute atomic E-state index is 10.7. The molecule has 1 unspecified atom stereocenters. The minimum Gasteiger partial charge on any atom is -0.296 e. The van der Waals surface area contributed by atoms with Crippen molar-refractivity contribution >= 4 is 18.0 Å². The summed E-state index contributed by atoms with van der Waals surface area (Å²) in [6, 6.07) is 1.91. The van der Waals surface area contributed by atoms with Crippen molar-refractivity contribution in [3.05, 3.63) is 17.5 Å². The molecule has 0 aromatic carbocycles.